The third-order valence-electron chi connectivity index (χ3n) is 3.54. The number of nitrogens with zero attached hydrogens (tertiary/aromatic N) is 3. The average Bonchev–Trinajstić information content (AvgIpc) is 3.00. The van der Waals surface area contributed by atoms with Gasteiger partial charge in [0.25, 0.3) is 11.4 Å². The first-order valence-electron chi connectivity index (χ1n) is 7.62. The van der Waals surface area contributed by atoms with Crippen LogP contribution < -0.4 is 0 Å². The number of ether oxygens (including phenoxy) is 1. The maximum absolute atomic E-state index is 11.9. The lowest BCUT2D eigenvalue weighted by Crippen LogP contribution is -2.01. The maximum Gasteiger partial charge on any atom is 0.363 e. The molecule has 0 atom stereocenters. The number of rotatable bonds is 5. The van der Waals surface area contributed by atoms with E-state index in [-0.39, 0.29) is 23.0 Å². The lowest BCUT2D eigenvalue weighted by Gasteiger charge is -1.95. The number of carbonyl (C=O) groups is 1. The van der Waals surface area contributed by atoms with Crippen LogP contribution in [0.4, 0.5) is 11.4 Å². The van der Waals surface area contributed by atoms with Crippen LogP contribution >= 0.6 is 0 Å². The Morgan fingerprint density at radius 1 is 0.889 bits per heavy atom. The van der Waals surface area contributed by atoms with E-state index in [2.05, 4.69) is 4.99 Å². The summed E-state index contributed by atoms with van der Waals surface area (Å²) < 4.78 is 5.02. The molecular formula is C18H11N3O6. The Bertz CT molecular complexity index is 1020. The van der Waals surface area contributed by atoms with Gasteiger partial charge in [0.05, 0.1) is 9.85 Å². The quantitative estimate of drug-likeness (QED) is 0.345. The highest BCUT2D eigenvalue weighted by Gasteiger charge is 2.21. The van der Waals surface area contributed by atoms with E-state index >= 15 is 0 Å². The smallest absolute Gasteiger partial charge is 0.363 e. The zero-order valence-electron chi connectivity index (χ0n) is 13.6. The number of benzene rings is 2. The van der Waals surface area contributed by atoms with E-state index < -0.39 is 15.8 Å². The van der Waals surface area contributed by atoms with Crippen LogP contribution in [0.15, 0.2) is 65.3 Å². The summed E-state index contributed by atoms with van der Waals surface area (Å²) in [5, 5.41) is 21.4. The van der Waals surface area contributed by atoms with Crippen LogP contribution in [-0.4, -0.2) is 21.7 Å². The fourth-order valence-electron chi connectivity index (χ4n) is 2.26. The number of non-ortho nitro benzene ring substituents is 2. The Labute approximate surface area is 152 Å². The minimum Gasteiger partial charge on any atom is -0.403 e. The van der Waals surface area contributed by atoms with E-state index in [1.54, 1.807) is 12.1 Å². The van der Waals surface area contributed by atoms with Crippen LogP contribution in [0.25, 0.3) is 12.2 Å². The SMILES string of the molecule is O=C1OC(/C=C\c2cccc([N+](=O)[O-])c2)=NC/1=C/c1ccc([N+](=O)[O-])cc1. The first kappa shape index (κ1) is 17.7. The lowest BCUT2D eigenvalue weighted by atomic mass is 10.2. The number of esters is 1. The fraction of sp³-hybridized carbons (Fsp3) is 0. The monoisotopic (exact) mass is 365 g/mol. The van der Waals surface area contributed by atoms with Crippen molar-refractivity contribution in [2.24, 2.45) is 4.99 Å². The summed E-state index contributed by atoms with van der Waals surface area (Å²) in [7, 11) is 0. The van der Waals surface area contributed by atoms with Gasteiger partial charge >= 0.3 is 5.97 Å². The number of hydrogen-bond acceptors (Lipinski definition) is 7. The van der Waals surface area contributed by atoms with Crippen LogP contribution in [0.2, 0.25) is 0 Å². The number of cyclic esters (lactones) is 1. The van der Waals surface area contributed by atoms with Gasteiger partial charge in [-0.2, -0.15) is 0 Å². The van der Waals surface area contributed by atoms with Gasteiger partial charge in [0.1, 0.15) is 0 Å². The third-order valence-corrected chi connectivity index (χ3v) is 3.54. The number of nitro benzene ring substituents is 2. The third kappa shape index (κ3) is 4.28. The van der Waals surface area contributed by atoms with Gasteiger partial charge in [-0.3, -0.25) is 20.2 Å². The summed E-state index contributed by atoms with van der Waals surface area (Å²) >= 11 is 0. The van der Waals surface area contributed by atoms with Crippen LogP contribution in [-0.2, 0) is 9.53 Å². The molecule has 9 nitrogen and oxygen atoms in total. The van der Waals surface area contributed by atoms with Crippen molar-refractivity contribution in [3.8, 4) is 0 Å². The van der Waals surface area contributed by atoms with E-state index in [1.807, 2.05) is 0 Å². The number of aliphatic imine (C=N–C) groups is 1. The van der Waals surface area contributed by atoms with E-state index in [0.717, 1.165) is 0 Å². The predicted octanol–water partition coefficient (Wildman–Crippen LogP) is 3.51. The Morgan fingerprint density at radius 2 is 1.59 bits per heavy atom. The van der Waals surface area contributed by atoms with E-state index in [1.165, 1.54) is 54.6 Å². The van der Waals surface area contributed by atoms with Crippen LogP contribution in [0, 0.1) is 20.2 Å². The first-order valence-corrected chi connectivity index (χ1v) is 7.62. The zero-order chi connectivity index (χ0) is 19.4. The molecule has 27 heavy (non-hydrogen) atoms. The molecule has 2 aromatic rings. The summed E-state index contributed by atoms with van der Waals surface area (Å²) in [6, 6.07) is 11.6. The molecule has 1 aliphatic rings. The van der Waals surface area contributed by atoms with E-state index in [4.69, 9.17) is 4.74 Å². The van der Waals surface area contributed by atoms with Crippen molar-refractivity contribution in [2.45, 2.75) is 0 Å². The van der Waals surface area contributed by atoms with Gasteiger partial charge in [0.15, 0.2) is 5.70 Å². The molecule has 0 saturated heterocycles. The maximum atomic E-state index is 11.9. The predicted molar refractivity (Wildman–Crippen MR) is 96.7 cm³/mol. The second-order valence-corrected chi connectivity index (χ2v) is 5.40. The number of nitro groups is 2. The molecular weight excluding hydrogens is 354 g/mol. The Balaban J connectivity index is 1.78. The summed E-state index contributed by atoms with van der Waals surface area (Å²) in [5.74, 6) is -0.619. The van der Waals surface area contributed by atoms with Gasteiger partial charge < -0.3 is 4.74 Å². The topological polar surface area (TPSA) is 125 Å². The summed E-state index contributed by atoms with van der Waals surface area (Å²) in [5.41, 5.74) is 1.04. The normalized spacial score (nSPS) is 15.0. The summed E-state index contributed by atoms with van der Waals surface area (Å²) in [4.78, 5) is 36.3. The van der Waals surface area contributed by atoms with E-state index in [0.29, 0.717) is 11.1 Å². The average molecular weight is 365 g/mol. The second kappa shape index (κ2) is 7.40. The second-order valence-electron chi connectivity index (χ2n) is 5.40. The molecule has 2 aromatic carbocycles. The Kier molecular flexibility index (Phi) is 4.84. The van der Waals surface area contributed by atoms with Crippen molar-refractivity contribution >= 4 is 35.4 Å². The highest BCUT2D eigenvalue weighted by atomic mass is 16.6. The van der Waals surface area contributed by atoms with Crippen molar-refractivity contribution in [2.75, 3.05) is 0 Å². The molecule has 0 aromatic heterocycles. The van der Waals surface area contributed by atoms with Crippen LogP contribution in [0.3, 0.4) is 0 Å². The molecule has 134 valence electrons. The van der Waals surface area contributed by atoms with Gasteiger partial charge in [0, 0.05) is 30.3 Å². The molecule has 0 fully saturated rings. The van der Waals surface area contributed by atoms with Gasteiger partial charge in [-0.05, 0) is 35.4 Å². The lowest BCUT2D eigenvalue weighted by molar-refractivity contribution is -0.385. The van der Waals surface area contributed by atoms with Gasteiger partial charge in [-0.1, -0.05) is 12.1 Å². The van der Waals surface area contributed by atoms with Crippen molar-refractivity contribution in [1.29, 1.82) is 0 Å². The molecule has 1 aliphatic heterocycles. The summed E-state index contributed by atoms with van der Waals surface area (Å²) in [6.45, 7) is 0. The Hall–Kier alpha value is -4.14. The molecule has 0 aliphatic carbocycles. The Morgan fingerprint density at radius 3 is 2.26 bits per heavy atom. The van der Waals surface area contributed by atoms with Gasteiger partial charge in [0.2, 0.25) is 5.90 Å². The molecule has 0 unspecified atom stereocenters. The highest BCUT2D eigenvalue weighted by molar-refractivity contribution is 6.11. The van der Waals surface area contributed by atoms with E-state index in [9.17, 15) is 25.0 Å². The molecule has 0 N–H and O–H groups in total. The highest BCUT2D eigenvalue weighted by Crippen LogP contribution is 2.19. The molecule has 0 bridgehead atoms. The molecule has 1 heterocycles. The van der Waals surface area contributed by atoms with Gasteiger partial charge in [-0.25, -0.2) is 9.79 Å². The van der Waals surface area contributed by atoms with Crippen LogP contribution in [0.5, 0.6) is 0 Å². The summed E-state index contributed by atoms with van der Waals surface area (Å²) in [6.07, 6.45) is 4.40. The van der Waals surface area contributed by atoms with Crippen molar-refractivity contribution < 1.29 is 19.4 Å². The first-order chi connectivity index (χ1) is 12.9. The standard InChI is InChI=1S/C18H11N3O6/c22-18-16(11-13-4-7-14(8-5-13)20(23)24)19-17(27-18)9-6-12-2-1-3-15(10-12)21(25)26/h1-11H/b9-6-,16-11+. The number of carbonyl (C=O) groups excluding carboxylic acids is 1. The zero-order valence-corrected chi connectivity index (χ0v) is 13.6. The van der Waals surface area contributed by atoms with Crippen molar-refractivity contribution in [3.63, 3.8) is 0 Å². The van der Waals surface area contributed by atoms with Gasteiger partial charge in [-0.15, -0.1) is 0 Å². The molecule has 0 saturated carbocycles. The molecule has 0 spiro atoms. The molecule has 3 rings (SSSR count). The largest absolute Gasteiger partial charge is 0.403 e. The van der Waals surface area contributed by atoms with Crippen LogP contribution in [0.1, 0.15) is 11.1 Å². The molecule has 9 heteroatoms. The minimum atomic E-state index is -0.660. The fourth-order valence-corrected chi connectivity index (χ4v) is 2.26. The molecule has 0 amide bonds. The van der Waals surface area contributed by atoms with Crippen molar-refractivity contribution in [1.82, 2.24) is 0 Å². The molecule has 0 radical (unpaired) electrons. The van der Waals surface area contributed by atoms with Crippen molar-refractivity contribution in [3.05, 3.63) is 91.7 Å². The minimum absolute atomic E-state index is 0.0414. The number of hydrogen-bond donors (Lipinski definition) is 0.